The van der Waals surface area contributed by atoms with Crippen LogP contribution in [0.15, 0.2) is 18.2 Å². The van der Waals surface area contributed by atoms with Crippen LogP contribution < -0.4 is 5.32 Å². The van der Waals surface area contributed by atoms with Crippen LogP contribution in [0.1, 0.15) is 23.6 Å². The van der Waals surface area contributed by atoms with Crippen molar-refractivity contribution in [2.24, 2.45) is 0 Å². The summed E-state index contributed by atoms with van der Waals surface area (Å²) < 4.78 is 5.02. The molecule has 1 atom stereocenters. The Hall–Kier alpha value is -1.00. The van der Waals surface area contributed by atoms with Gasteiger partial charge in [-0.3, -0.25) is 4.79 Å². The molecule has 1 aromatic carbocycles. The van der Waals surface area contributed by atoms with Gasteiger partial charge in [-0.1, -0.05) is 29.3 Å². The second kappa shape index (κ2) is 8.23. The first-order chi connectivity index (χ1) is 9.06. The molecule has 0 heterocycles. The second-order valence-electron chi connectivity index (χ2n) is 4.60. The highest BCUT2D eigenvalue weighted by Gasteiger charge is 2.17. The topological polar surface area (TPSA) is 38.3 Å². The van der Waals surface area contributed by atoms with Crippen LogP contribution in [-0.2, 0) is 15.3 Å². The van der Waals surface area contributed by atoms with Crippen molar-refractivity contribution < 1.29 is 9.53 Å². The lowest BCUT2D eigenvalue weighted by Gasteiger charge is -2.14. The largest absolute Gasteiger partial charge is 0.465 e. The fourth-order valence-corrected chi connectivity index (χ4v) is 3.02. The molecule has 3 nitrogen and oxygen atoms in total. The van der Waals surface area contributed by atoms with Gasteiger partial charge in [0.15, 0.2) is 0 Å². The highest BCUT2D eigenvalue weighted by Crippen LogP contribution is 2.16. The van der Waals surface area contributed by atoms with Gasteiger partial charge < -0.3 is 10.1 Å². The van der Waals surface area contributed by atoms with Gasteiger partial charge >= 0.3 is 5.97 Å². The molecule has 0 saturated carbocycles. The molecule has 0 aromatic heterocycles. The van der Waals surface area contributed by atoms with Crippen LogP contribution in [0.4, 0.5) is 0 Å². The smallest absolute Gasteiger partial charge is 0.323 e. The van der Waals surface area contributed by atoms with Crippen LogP contribution in [-0.4, -0.2) is 31.4 Å². The summed E-state index contributed by atoms with van der Waals surface area (Å²) in [6, 6.07) is 6.33. The summed E-state index contributed by atoms with van der Waals surface area (Å²) >= 11 is 1.75. The predicted octanol–water partition coefficient (Wildman–Crippen LogP) is 2.69. The molecule has 0 spiro atoms. The Labute approximate surface area is 120 Å². The fourth-order valence-electron chi connectivity index (χ4n) is 1.96. The number of hydrogen-bond acceptors (Lipinski definition) is 4. The van der Waals surface area contributed by atoms with Crippen LogP contribution in [0.2, 0.25) is 0 Å². The Kier molecular flexibility index (Phi) is 6.95. The van der Waals surface area contributed by atoms with E-state index in [0.29, 0.717) is 6.61 Å². The van der Waals surface area contributed by atoms with Gasteiger partial charge in [-0.15, -0.1) is 0 Å². The highest BCUT2D eigenvalue weighted by atomic mass is 32.2. The Morgan fingerprint density at radius 3 is 2.47 bits per heavy atom. The van der Waals surface area contributed by atoms with E-state index in [1.54, 1.807) is 18.8 Å². The zero-order valence-electron chi connectivity index (χ0n) is 12.2. The van der Waals surface area contributed by atoms with Crippen LogP contribution in [0.5, 0.6) is 0 Å². The minimum absolute atomic E-state index is 0.169. The van der Waals surface area contributed by atoms with Crippen molar-refractivity contribution in [1.82, 2.24) is 5.32 Å². The molecule has 0 bridgehead atoms. The van der Waals surface area contributed by atoms with E-state index in [1.807, 2.05) is 6.92 Å². The molecule has 0 aliphatic heterocycles. The number of rotatable bonds is 7. The number of carbonyl (C=O) groups is 1. The molecule has 19 heavy (non-hydrogen) atoms. The van der Waals surface area contributed by atoms with Gasteiger partial charge in [-0.05, 0) is 33.4 Å². The van der Waals surface area contributed by atoms with E-state index in [4.69, 9.17) is 4.74 Å². The van der Waals surface area contributed by atoms with Crippen molar-refractivity contribution in [3.8, 4) is 0 Å². The van der Waals surface area contributed by atoms with E-state index in [2.05, 4.69) is 37.4 Å². The summed E-state index contributed by atoms with van der Waals surface area (Å²) in [7, 11) is 1.79. The summed E-state index contributed by atoms with van der Waals surface area (Å²) in [4.78, 5) is 11.6. The number of nitrogens with one attached hydrogen (secondary N) is 1. The molecule has 1 rings (SSSR count). The number of esters is 1. The lowest BCUT2D eigenvalue weighted by Crippen LogP contribution is -2.37. The molecule has 0 radical (unpaired) electrons. The van der Waals surface area contributed by atoms with Crippen molar-refractivity contribution in [2.45, 2.75) is 32.6 Å². The number of likely N-dealkylation sites (N-methyl/N-ethyl adjacent to an activating group) is 1. The lowest BCUT2D eigenvalue weighted by molar-refractivity contribution is -0.144. The Morgan fingerprint density at radius 1 is 1.32 bits per heavy atom. The number of carbonyl (C=O) groups excluding carboxylic acids is 1. The third-order valence-corrected chi connectivity index (χ3v) is 3.86. The first-order valence-electron chi connectivity index (χ1n) is 6.55. The van der Waals surface area contributed by atoms with Crippen molar-refractivity contribution in [3.63, 3.8) is 0 Å². The molecule has 0 fully saturated rings. The molecule has 1 unspecified atom stereocenters. The van der Waals surface area contributed by atoms with Gasteiger partial charge in [0.05, 0.1) is 6.61 Å². The maximum absolute atomic E-state index is 11.6. The van der Waals surface area contributed by atoms with Crippen molar-refractivity contribution in [3.05, 3.63) is 34.9 Å². The summed E-state index contributed by atoms with van der Waals surface area (Å²) in [5.41, 5.74) is 3.87. The van der Waals surface area contributed by atoms with Crippen LogP contribution in [0.25, 0.3) is 0 Å². The third kappa shape index (κ3) is 5.66. The lowest BCUT2D eigenvalue weighted by atomic mass is 10.1. The molecule has 0 aliphatic rings. The second-order valence-corrected chi connectivity index (χ2v) is 5.63. The van der Waals surface area contributed by atoms with E-state index < -0.39 is 0 Å². The molecule has 0 saturated heterocycles. The summed E-state index contributed by atoms with van der Waals surface area (Å²) in [6.45, 7) is 6.47. The first-order valence-corrected chi connectivity index (χ1v) is 7.71. The number of aryl methyl sites for hydroxylation is 2. The van der Waals surface area contributed by atoms with Crippen molar-refractivity contribution >= 4 is 17.7 Å². The third-order valence-electron chi connectivity index (χ3n) is 2.75. The van der Waals surface area contributed by atoms with E-state index in [1.165, 1.54) is 16.7 Å². The molecule has 0 aliphatic carbocycles. The maximum atomic E-state index is 11.6. The van der Waals surface area contributed by atoms with Gasteiger partial charge in [-0.2, -0.15) is 11.8 Å². The molecule has 0 amide bonds. The monoisotopic (exact) mass is 281 g/mol. The van der Waals surface area contributed by atoms with E-state index in [0.717, 1.165) is 11.5 Å². The molecule has 1 aromatic rings. The SMILES string of the molecule is CCOC(=O)C(CSCc1cc(C)cc(C)c1)NC. The average Bonchev–Trinajstić information content (AvgIpc) is 2.33. The summed E-state index contributed by atoms with van der Waals surface area (Å²) in [6.07, 6.45) is 0. The maximum Gasteiger partial charge on any atom is 0.323 e. The molecular formula is C15H23NO2S. The molecule has 1 N–H and O–H groups in total. The van der Waals surface area contributed by atoms with Crippen LogP contribution in [0.3, 0.4) is 0 Å². The van der Waals surface area contributed by atoms with Gasteiger partial charge in [0, 0.05) is 11.5 Å². The van der Waals surface area contributed by atoms with Crippen molar-refractivity contribution in [2.75, 3.05) is 19.4 Å². The van der Waals surface area contributed by atoms with Gasteiger partial charge in [0.1, 0.15) is 6.04 Å². The molecular weight excluding hydrogens is 258 g/mol. The van der Waals surface area contributed by atoms with Gasteiger partial charge in [0.2, 0.25) is 0 Å². The predicted molar refractivity (Wildman–Crippen MR) is 81.6 cm³/mol. The quantitative estimate of drug-likeness (QED) is 0.780. The Bertz CT molecular complexity index is 400. The summed E-state index contributed by atoms with van der Waals surface area (Å²) in [5, 5.41) is 3.00. The number of ether oxygens (including phenoxy) is 1. The van der Waals surface area contributed by atoms with Gasteiger partial charge in [0.25, 0.3) is 0 Å². The Balaban J connectivity index is 2.45. The van der Waals surface area contributed by atoms with E-state index >= 15 is 0 Å². The minimum Gasteiger partial charge on any atom is -0.465 e. The van der Waals surface area contributed by atoms with E-state index in [-0.39, 0.29) is 12.0 Å². The highest BCUT2D eigenvalue weighted by molar-refractivity contribution is 7.98. The Morgan fingerprint density at radius 2 is 1.95 bits per heavy atom. The van der Waals surface area contributed by atoms with Crippen LogP contribution >= 0.6 is 11.8 Å². The zero-order valence-corrected chi connectivity index (χ0v) is 13.0. The van der Waals surface area contributed by atoms with Gasteiger partial charge in [-0.25, -0.2) is 0 Å². The standard InChI is InChI=1S/C15H23NO2S/c1-5-18-15(17)14(16-4)10-19-9-13-7-11(2)6-12(3)8-13/h6-8,14,16H,5,9-10H2,1-4H3. The zero-order chi connectivity index (χ0) is 14.3. The normalized spacial score (nSPS) is 12.2. The fraction of sp³-hybridized carbons (Fsp3) is 0.533. The number of hydrogen-bond donors (Lipinski definition) is 1. The molecule has 4 heteroatoms. The average molecular weight is 281 g/mol. The molecule has 106 valence electrons. The number of thioether (sulfide) groups is 1. The van der Waals surface area contributed by atoms with Crippen LogP contribution in [0, 0.1) is 13.8 Å². The van der Waals surface area contributed by atoms with E-state index in [9.17, 15) is 4.79 Å². The number of benzene rings is 1. The summed E-state index contributed by atoms with van der Waals surface area (Å²) in [5.74, 6) is 1.47. The first kappa shape index (κ1) is 16.1. The van der Waals surface area contributed by atoms with Crippen molar-refractivity contribution in [1.29, 1.82) is 0 Å². The minimum atomic E-state index is -0.226.